The molecule has 0 fully saturated rings. The molecule has 0 aliphatic rings. The summed E-state index contributed by atoms with van der Waals surface area (Å²) in [6, 6.07) is 14.8. The van der Waals surface area contributed by atoms with Gasteiger partial charge in [-0.2, -0.15) is 5.26 Å². The molecule has 90 valence electrons. The average Bonchev–Trinajstić information content (AvgIpc) is 2.41. The predicted octanol–water partition coefficient (Wildman–Crippen LogP) is 4.73. The smallest absolute Gasteiger partial charge is 0.145 e. The third kappa shape index (κ3) is 2.79. The highest BCUT2D eigenvalue weighted by molar-refractivity contribution is 7.98. The van der Waals surface area contributed by atoms with Crippen molar-refractivity contribution in [3.63, 3.8) is 0 Å². The summed E-state index contributed by atoms with van der Waals surface area (Å²) in [6.07, 6.45) is 1.98. The standard InChI is InChI=1S/C14H10ClNOS/c1-18-14-5-3-2-4-13(14)17-12-7-6-11(15)8-10(12)9-16/h2-8H,1H3. The third-order valence-electron chi connectivity index (χ3n) is 2.35. The molecular formula is C14H10ClNOS. The summed E-state index contributed by atoms with van der Waals surface area (Å²) in [7, 11) is 0. The van der Waals surface area contributed by atoms with Crippen LogP contribution in [-0.4, -0.2) is 6.26 Å². The highest BCUT2D eigenvalue weighted by atomic mass is 35.5. The van der Waals surface area contributed by atoms with Crippen LogP contribution in [0.4, 0.5) is 0 Å². The number of hydrogen-bond donors (Lipinski definition) is 0. The molecule has 0 amide bonds. The molecule has 0 aliphatic heterocycles. The van der Waals surface area contributed by atoms with E-state index in [0.29, 0.717) is 16.3 Å². The average molecular weight is 276 g/mol. The van der Waals surface area contributed by atoms with Crippen molar-refractivity contribution in [1.29, 1.82) is 5.26 Å². The molecule has 2 aromatic rings. The molecule has 0 atom stereocenters. The Morgan fingerprint density at radius 2 is 1.94 bits per heavy atom. The van der Waals surface area contributed by atoms with Crippen LogP contribution in [0.2, 0.25) is 5.02 Å². The van der Waals surface area contributed by atoms with Crippen molar-refractivity contribution in [2.75, 3.05) is 6.26 Å². The van der Waals surface area contributed by atoms with Gasteiger partial charge in [0.1, 0.15) is 17.6 Å². The summed E-state index contributed by atoms with van der Waals surface area (Å²) in [5, 5.41) is 9.58. The molecular weight excluding hydrogens is 266 g/mol. The van der Waals surface area contributed by atoms with Crippen LogP contribution in [0.15, 0.2) is 47.4 Å². The molecule has 0 aliphatic carbocycles. The van der Waals surface area contributed by atoms with Gasteiger partial charge < -0.3 is 4.74 Å². The topological polar surface area (TPSA) is 33.0 Å². The van der Waals surface area contributed by atoms with Crippen LogP contribution in [0.5, 0.6) is 11.5 Å². The molecule has 2 nitrogen and oxygen atoms in total. The minimum atomic E-state index is 0.429. The first-order valence-electron chi connectivity index (χ1n) is 5.25. The predicted molar refractivity (Wildman–Crippen MR) is 74.5 cm³/mol. The first-order chi connectivity index (χ1) is 8.74. The second-order valence-corrected chi connectivity index (χ2v) is 4.79. The van der Waals surface area contributed by atoms with E-state index in [9.17, 15) is 0 Å². The minimum Gasteiger partial charge on any atom is -0.455 e. The van der Waals surface area contributed by atoms with E-state index in [0.717, 1.165) is 10.6 Å². The molecule has 0 saturated carbocycles. The molecule has 18 heavy (non-hydrogen) atoms. The number of benzene rings is 2. The van der Waals surface area contributed by atoms with Gasteiger partial charge in [-0.3, -0.25) is 0 Å². The number of halogens is 1. The van der Waals surface area contributed by atoms with Gasteiger partial charge in [0, 0.05) is 9.92 Å². The fourth-order valence-electron chi connectivity index (χ4n) is 1.50. The van der Waals surface area contributed by atoms with E-state index in [-0.39, 0.29) is 0 Å². The maximum absolute atomic E-state index is 9.05. The molecule has 0 heterocycles. The molecule has 0 saturated heterocycles. The molecule has 0 spiro atoms. The number of nitriles is 1. The van der Waals surface area contributed by atoms with Crippen molar-refractivity contribution in [3.8, 4) is 17.6 Å². The maximum Gasteiger partial charge on any atom is 0.145 e. The van der Waals surface area contributed by atoms with Crippen LogP contribution < -0.4 is 4.74 Å². The Morgan fingerprint density at radius 1 is 1.17 bits per heavy atom. The number of hydrogen-bond acceptors (Lipinski definition) is 3. The Hall–Kier alpha value is -1.63. The van der Waals surface area contributed by atoms with Crippen LogP contribution in [0.3, 0.4) is 0 Å². The van der Waals surface area contributed by atoms with Gasteiger partial charge in [-0.1, -0.05) is 23.7 Å². The second kappa shape index (κ2) is 5.81. The highest BCUT2D eigenvalue weighted by Gasteiger charge is 2.08. The molecule has 2 rings (SSSR count). The van der Waals surface area contributed by atoms with Gasteiger partial charge in [0.15, 0.2) is 0 Å². The molecule has 0 bridgehead atoms. The maximum atomic E-state index is 9.05. The molecule has 2 aromatic carbocycles. The molecule has 0 N–H and O–H groups in total. The number of thioether (sulfide) groups is 1. The zero-order valence-corrected chi connectivity index (χ0v) is 11.3. The normalized spacial score (nSPS) is 9.83. The van der Waals surface area contributed by atoms with Crippen LogP contribution >= 0.6 is 23.4 Å². The zero-order valence-electron chi connectivity index (χ0n) is 9.68. The van der Waals surface area contributed by atoms with Gasteiger partial charge in [0.2, 0.25) is 0 Å². The van der Waals surface area contributed by atoms with E-state index >= 15 is 0 Å². The van der Waals surface area contributed by atoms with Crippen LogP contribution in [-0.2, 0) is 0 Å². The Kier molecular flexibility index (Phi) is 4.14. The summed E-state index contributed by atoms with van der Waals surface area (Å²) in [5.74, 6) is 1.26. The monoisotopic (exact) mass is 275 g/mol. The largest absolute Gasteiger partial charge is 0.455 e. The summed E-state index contributed by atoms with van der Waals surface area (Å²) in [5.41, 5.74) is 0.429. The quantitative estimate of drug-likeness (QED) is 0.760. The van der Waals surface area contributed by atoms with Gasteiger partial charge in [-0.05, 0) is 36.6 Å². The van der Waals surface area contributed by atoms with E-state index in [1.165, 1.54) is 0 Å². The lowest BCUT2D eigenvalue weighted by atomic mass is 10.2. The van der Waals surface area contributed by atoms with Crippen molar-refractivity contribution >= 4 is 23.4 Å². The Morgan fingerprint density at radius 3 is 2.67 bits per heavy atom. The van der Waals surface area contributed by atoms with Gasteiger partial charge in [-0.25, -0.2) is 0 Å². The van der Waals surface area contributed by atoms with Crippen LogP contribution in [0.1, 0.15) is 5.56 Å². The Balaban J connectivity index is 2.37. The fraction of sp³-hybridized carbons (Fsp3) is 0.0714. The lowest BCUT2D eigenvalue weighted by Crippen LogP contribution is -1.89. The van der Waals surface area contributed by atoms with E-state index in [4.69, 9.17) is 21.6 Å². The van der Waals surface area contributed by atoms with Crippen molar-refractivity contribution in [1.82, 2.24) is 0 Å². The Labute approximate surface area is 115 Å². The van der Waals surface area contributed by atoms with E-state index in [1.807, 2.05) is 30.5 Å². The van der Waals surface area contributed by atoms with Gasteiger partial charge in [0.05, 0.1) is 5.56 Å². The van der Waals surface area contributed by atoms with Crippen molar-refractivity contribution in [3.05, 3.63) is 53.1 Å². The Bertz CT molecular complexity index is 607. The van der Waals surface area contributed by atoms with E-state index in [1.54, 1.807) is 30.0 Å². The number of ether oxygens (including phenoxy) is 1. The number of para-hydroxylation sites is 1. The minimum absolute atomic E-state index is 0.429. The second-order valence-electron chi connectivity index (χ2n) is 3.51. The summed E-state index contributed by atoms with van der Waals surface area (Å²) in [6.45, 7) is 0. The van der Waals surface area contributed by atoms with Gasteiger partial charge in [-0.15, -0.1) is 11.8 Å². The molecule has 0 aromatic heterocycles. The lowest BCUT2D eigenvalue weighted by Gasteiger charge is -2.10. The lowest BCUT2D eigenvalue weighted by molar-refractivity contribution is 0.469. The summed E-state index contributed by atoms with van der Waals surface area (Å²) < 4.78 is 5.78. The molecule has 0 unspecified atom stereocenters. The molecule has 0 radical (unpaired) electrons. The van der Waals surface area contributed by atoms with Crippen molar-refractivity contribution in [2.24, 2.45) is 0 Å². The van der Waals surface area contributed by atoms with Gasteiger partial charge in [0.25, 0.3) is 0 Å². The fourth-order valence-corrected chi connectivity index (χ4v) is 2.20. The van der Waals surface area contributed by atoms with Gasteiger partial charge >= 0.3 is 0 Å². The summed E-state index contributed by atoms with van der Waals surface area (Å²) >= 11 is 7.44. The molecule has 4 heteroatoms. The van der Waals surface area contributed by atoms with Crippen LogP contribution in [0.25, 0.3) is 0 Å². The summed E-state index contributed by atoms with van der Waals surface area (Å²) in [4.78, 5) is 1.02. The SMILES string of the molecule is CSc1ccccc1Oc1ccc(Cl)cc1C#N. The van der Waals surface area contributed by atoms with E-state index in [2.05, 4.69) is 6.07 Å². The third-order valence-corrected chi connectivity index (χ3v) is 3.36. The van der Waals surface area contributed by atoms with E-state index < -0.39 is 0 Å². The number of rotatable bonds is 3. The number of nitrogens with zero attached hydrogens (tertiary/aromatic N) is 1. The highest BCUT2D eigenvalue weighted by Crippen LogP contribution is 2.33. The zero-order chi connectivity index (χ0) is 13.0. The van der Waals surface area contributed by atoms with Crippen LogP contribution in [0, 0.1) is 11.3 Å². The first kappa shape index (κ1) is 12.8. The van der Waals surface area contributed by atoms with Crippen molar-refractivity contribution < 1.29 is 4.74 Å². The first-order valence-corrected chi connectivity index (χ1v) is 6.85. The van der Waals surface area contributed by atoms with Crippen molar-refractivity contribution in [2.45, 2.75) is 4.90 Å².